The maximum atomic E-state index is 10.6. The van der Waals surface area contributed by atoms with Crippen molar-refractivity contribution in [3.63, 3.8) is 0 Å². The molecule has 1 fully saturated rings. The van der Waals surface area contributed by atoms with E-state index in [4.69, 9.17) is 20.4 Å². The van der Waals surface area contributed by atoms with Gasteiger partial charge in [-0.15, -0.1) is 0 Å². The molecule has 0 saturated carbocycles. The summed E-state index contributed by atoms with van der Waals surface area (Å²) in [4.78, 5) is 41.5. The number of hydrogen-bond donors (Lipinski definition) is 4. The van der Waals surface area contributed by atoms with Crippen LogP contribution in [-0.4, -0.2) is 68.3 Å². The van der Waals surface area contributed by atoms with Gasteiger partial charge in [0.15, 0.2) is 6.10 Å². The average Bonchev–Trinajstić information content (AvgIpc) is 2.45. The van der Waals surface area contributed by atoms with Crippen molar-refractivity contribution in [2.24, 2.45) is 0 Å². The molecule has 0 spiro atoms. The maximum Gasteiger partial charge on any atom is 0.333 e. The van der Waals surface area contributed by atoms with Crippen molar-refractivity contribution in [3.8, 4) is 0 Å². The zero-order valence-electron chi connectivity index (χ0n) is 9.44. The SMILES string of the molecule is C.CN1C(=O)C[C@H](O)C1=O.O=C(O)C[C@H](O)C(=O)O. The molecule has 1 aliphatic heterocycles. The third-order valence-electron chi connectivity index (χ3n) is 2.01. The first-order valence-corrected chi connectivity index (χ1v) is 4.78. The highest BCUT2D eigenvalue weighted by Gasteiger charge is 2.34. The lowest BCUT2D eigenvalue weighted by atomic mass is 10.3. The summed E-state index contributed by atoms with van der Waals surface area (Å²) < 4.78 is 0. The van der Waals surface area contributed by atoms with E-state index in [1.165, 1.54) is 7.05 Å². The summed E-state index contributed by atoms with van der Waals surface area (Å²) in [6, 6.07) is 0. The topological polar surface area (TPSA) is 152 Å². The minimum absolute atomic E-state index is 0. The molecule has 0 bridgehead atoms. The summed E-state index contributed by atoms with van der Waals surface area (Å²) in [6.07, 6.45) is -3.70. The Morgan fingerprint density at radius 3 is 1.95 bits per heavy atom. The van der Waals surface area contributed by atoms with Crippen LogP contribution in [0.3, 0.4) is 0 Å². The number of aliphatic hydroxyl groups excluding tert-OH is 2. The molecule has 0 aromatic rings. The Balaban J connectivity index is 0. The van der Waals surface area contributed by atoms with Gasteiger partial charge >= 0.3 is 11.9 Å². The normalized spacial score (nSPS) is 19.1. The summed E-state index contributed by atoms with van der Waals surface area (Å²) in [5.74, 6) is -3.66. The van der Waals surface area contributed by atoms with E-state index in [0.29, 0.717) is 0 Å². The number of nitrogens with zero attached hydrogens (tertiary/aromatic N) is 1. The molecule has 2 amide bonds. The third kappa shape index (κ3) is 6.48. The predicted molar refractivity (Wildman–Crippen MR) is 61.0 cm³/mol. The van der Waals surface area contributed by atoms with Crippen molar-refractivity contribution in [1.29, 1.82) is 0 Å². The van der Waals surface area contributed by atoms with Gasteiger partial charge in [0.1, 0.15) is 6.10 Å². The van der Waals surface area contributed by atoms with Gasteiger partial charge in [-0.3, -0.25) is 19.3 Å². The molecule has 1 rings (SSSR count). The minimum Gasteiger partial charge on any atom is -0.481 e. The number of carboxylic acids is 2. The monoisotopic (exact) mass is 279 g/mol. The second kappa shape index (κ2) is 8.16. The molecule has 0 aliphatic carbocycles. The number of hydrogen-bond acceptors (Lipinski definition) is 6. The van der Waals surface area contributed by atoms with Crippen molar-refractivity contribution in [2.45, 2.75) is 32.5 Å². The molecule has 4 N–H and O–H groups in total. The highest BCUT2D eigenvalue weighted by Crippen LogP contribution is 2.08. The predicted octanol–water partition coefficient (Wildman–Crippen LogP) is -1.72. The van der Waals surface area contributed by atoms with Crippen LogP contribution in [0.4, 0.5) is 0 Å². The molecule has 9 nitrogen and oxygen atoms in total. The van der Waals surface area contributed by atoms with Crippen LogP contribution in [0.5, 0.6) is 0 Å². The number of aliphatic hydroxyl groups is 2. The van der Waals surface area contributed by atoms with Crippen LogP contribution in [0.15, 0.2) is 0 Å². The summed E-state index contributed by atoms with van der Waals surface area (Å²) >= 11 is 0. The molecule has 1 saturated heterocycles. The molecule has 1 aliphatic rings. The van der Waals surface area contributed by atoms with Gasteiger partial charge in [0.25, 0.3) is 5.91 Å². The molecule has 0 aromatic heterocycles. The van der Waals surface area contributed by atoms with Crippen LogP contribution >= 0.6 is 0 Å². The first-order chi connectivity index (χ1) is 8.16. The van der Waals surface area contributed by atoms with Crippen LogP contribution in [0.25, 0.3) is 0 Å². The fourth-order valence-electron chi connectivity index (χ4n) is 0.989. The standard InChI is InChI=1S/C5H7NO3.C4H6O5.CH4/c1-6-4(8)2-3(7)5(6)9;5-2(4(8)9)1-3(6)7;/h3,7H,2H2,1H3;2,5H,1H2,(H,6,7)(H,8,9);1H4/t3-;2-;/m00./s1. The number of imide groups is 1. The van der Waals surface area contributed by atoms with Gasteiger partial charge in [-0.25, -0.2) is 4.79 Å². The summed E-state index contributed by atoms with van der Waals surface area (Å²) in [5.41, 5.74) is 0. The zero-order chi connectivity index (χ0) is 14.5. The number of carboxylic acid groups (broad SMARTS) is 2. The molecular weight excluding hydrogens is 262 g/mol. The van der Waals surface area contributed by atoms with Crippen molar-refractivity contribution in [2.75, 3.05) is 7.05 Å². The second-order valence-electron chi connectivity index (χ2n) is 3.46. The first kappa shape index (κ1) is 19.3. The quantitative estimate of drug-likeness (QED) is 0.445. The molecule has 110 valence electrons. The summed E-state index contributed by atoms with van der Waals surface area (Å²) in [5, 5.41) is 32.9. The van der Waals surface area contributed by atoms with E-state index >= 15 is 0 Å². The van der Waals surface area contributed by atoms with Crippen LogP contribution in [0.1, 0.15) is 20.3 Å². The highest BCUT2D eigenvalue weighted by atomic mass is 16.4. The van der Waals surface area contributed by atoms with E-state index < -0.39 is 36.5 Å². The fourth-order valence-corrected chi connectivity index (χ4v) is 0.989. The van der Waals surface area contributed by atoms with Gasteiger partial charge in [-0.05, 0) is 0 Å². The molecule has 2 atom stereocenters. The number of carbonyl (C=O) groups is 4. The van der Waals surface area contributed by atoms with Crippen LogP contribution in [-0.2, 0) is 19.2 Å². The van der Waals surface area contributed by atoms with Crippen LogP contribution in [0, 0.1) is 0 Å². The number of aliphatic carboxylic acids is 2. The smallest absolute Gasteiger partial charge is 0.333 e. The Morgan fingerprint density at radius 1 is 1.37 bits per heavy atom. The number of amides is 2. The summed E-state index contributed by atoms with van der Waals surface area (Å²) in [6.45, 7) is 0. The van der Waals surface area contributed by atoms with Gasteiger partial charge < -0.3 is 20.4 Å². The lowest BCUT2D eigenvalue weighted by molar-refractivity contribution is -0.152. The van der Waals surface area contributed by atoms with E-state index in [9.17, 15) is 19.2 Å². The largest absolute Gasteiger partial charge is 0.481 e. The third-order valence-corrected chi connectivity index (χ3v) is 2.01. The van der Waals surface area contributed by atoms with Crippen LogP contribution < -0.4 is 0 Å². The molecule has 19 heavy (non-hydrogen) atoms. The first-order valence-electron chi connectivity index (χ1n) is 4.78. The molecular formula is C10H17NO8. The summed E-state index contributed by atoms with van der Waals surface area (Å²) in [7, 11) is 1.36. The van der Waals surface area contributed by atoms with Crippen molar-refractivity contribution in [1.82, 2.24) is 4.90 Å². The van der Waals surface area contributed by atoms with Crippen molar-refractivity contribution >= 4 is 23.8 Å². The Labute approximate surface area is 109 Å². The van der Waals surface area contributed by atoms with Gasteiger partial charge in [-0.2, -0.15) is 0 Å². The van der Waals surface area contributed by atoms with Crippen molar-refractivity contribution in [3.05, 3.63) is 0 Å². The van der Waals surface area contributed by atoms with E-state index in [1.54, 1.807) is 0 Å². The molecule has 0 aromatic carbocycles. The molecule has 9 heteroatoms. The van der Waals surface area contributed by atoms with E-state index in [0.717, 1.165) is 4.90 Å². The Morgan fingerprint density at radius 2 is 1.84 bits per heavy atom. The number of rotatable bonds is 3. The molecule has 0 unspecified atom stereocenters. The van der Waals surface area contributed by atoms with Crippen molar-refractivity contribution < 1.29 is 39.6 Å². The Kier molecular flexibility index (Phi) is 8.31. The zero-order valence-corrected chi connectivity index (χ0v) is 9.44. The molecule has 1 heterocycles. The second-order valence-corrected chi connectivity index (χ2v) is 3.46. The van der Waals surface area contributed by atoms with E-state index in [-0.39, 0.29) is 19.8 Å². The van der Waals surface area contributed by atoms with Gasteiger partial charge in [0.05, 0.1) is 12.8 Å². The van der Waals surface area contributed by atoms with Gasteiger partial charge in [0, 0.05) is 7.05 Å². The van der Waals surface area contributed by atoms with Gasteiger partial charge in [-0.1, -0.05) is 7.43 Å². The minimum atomic E-state index is -1.79. The number of carbonyl (C=O) groups excluding carboxylic acids is 2. The lowest BCUT2D eigenvalue weighted by Crippen LogP contribution is -2.27. The highest BCUT2D eigenvalue weighted by molar-refractivity contribution is 6.04. The van der Waals surface area contributed by atoms with E-state index in [1.807, 2.05) is 0 Å². The lowest BCUT2D eigenvalue weighted by Gasteiger charge is -2.02. The number of likely N-dealkylation sites (tertiary alicyclic amines) is 1. The average molecular weight is 279 g/mol. The molecule has 0 radical (unpaired) electrons. The Bertz CT molecular complexity index is 365. The fraction of sp³-hybridized carbons (Fsp3) is 0.600. The Hall–Kier alpha value is -2.00. The van der Waals surface area contributed by atoms with Gasteiger partial charge in [0.2, 0.25) is 5.91 Å². The number of likely N-dealkylation sites (N-methyl/N-ethyl adjacent to an activating group) is 1. The maximum absolute atomic E-state index is 10.6. The van der Waals surface area contributed by atoms with E-state index in [2.05, 4.69) is 0 Å². The van der Waals surface area contributed by atoms with Crippen LogP contribution in [0.2, 0.25) is 0 Å².